The smallest absolute Gasteiger partial charge is 0.870 e. The van der Waals surface area contributed by atoms with Crippen LogP contribution in [0.3, 0.4) is 0 Å². The van der Waals surface area contributed by atoms with Crippen molar-refractivity contribution in [2.45, 2.75) is 27.7 Å². The molecule has 0 fully saturated rings. The van der Waals surface area contributed by atoms with E-state index in [2.05, 4.69) is 49.8 Å². The summed E-state index contributed by atoms with van der Waals surface area (Å²) in [4.78, 5) is 98.6. The van der Waals surface area contributed by atoms with Gasteiger partial charge in [0.1, 0.15) is 0 Å². The van der Waals surface area contributed by atoms with Crippen molar-refractivity contribution in [2.24, 2.45) is 0 Å². The molecule has 0 saturated carbocycles. The van der Waals surface area contributed by atoms with Crippen LogP contribution in [0.15, 0.2) is 107 Å². The number of carboxylic acid groups (broad SMARTS) is 4. The van der Waals surface area contributed by atoms with Gasteiger partial charge < -0.3 is 91.4 Å². The van der Waals surface area contributed by atoms with E-state index in [-0.39, 0.29) is 113 Å². The molecule has 0 aliphatic rings. The molecule has 0 aromatic carbocycles. The normalized spacial score (nSPS) is 7.94. The first-order valence-electron chi connectivity index (χ1n) is 14.8. The van der Waals surface area contributed by atoms with Crippen LogP contribution in [0.4, 0.5) is 0 Å². The molecule has 0 aliphatic carbocycles. The van der Waals surface area contributed by atoms with E-state index in [1.54, 1.807) is 97.6 Å². The summed E-state index contributed by atoms with van der Waals surface area (Å²) in [5, 5.41) is 35.6. The Morgan fingerprint density at radius 2 is 0.629 bits per heavy atom. The van der Waals surface area contributed by atoms with Crippen molar-refractivity contribution in [3.8, 4) is 46.1 Å². The van der Waals surface area contributed by atoms with Crippen molar-refractivity contribution >= 4 is 23.9 Å². The second-order valence-electron chi connectivity index (χ2n) is 9.36. The fourth-order valence-electron chi connectivity index (χ4n) is 3.15. The van der Waals surface area contributed by atoms with Crippen molar-refractivity contribution in [1.29, 1.82) is 0 Å². The van der Waals surface area contributed by atoms with Gasteiger partial charge in [0.25, 0.3) is 0 Å². The third kappa shape index (κ3) is 34.8. The predicted molar refractivity (Wildman–Crippen MR) is 190 cm³/mol. The Morgan fingerprint density at radius 3 is 0.823 bits per heavy atom. The second kappa shape index (κ2) is 41.7. The van der Waals surface area contributed by atoms with Gasteiger partial charge in [0.15, 0.2) is 0 Å². The quantitative estimate of drug-likeness (QED) is 0.149. The van der Waals surface area contributed by atoms with Crippen molar-refractivity contribution in [2.75, 3.05) is 0 Å². The summed E-state index contributed by atoms with van der Waals surface area (Å²) in [6.07, 6.45) is 6.46. The Kier molecular flexibility index (Phi) is 49.5. The minimum absolute atomic E-state index is 0. The van der Waals surface area contributed by atoms with Crippen LogP contribution < -0.4 is 41.8 Å². The van der Waals surface area contributed by atoms with Crippen molar-refractivity contribution in [3.63, 3.8) is 0 Å². The molecule has 28 heteroatoms. The molecule has 6 aromatic rings. The maximum Gasteiger partial charge on any atom is 2.00 e. The van der Waals surface area contributed by atoms with E-state index in [1.807, 2.05) is 0 Å². The summed E-state index contributed by atoms with van der Waals surface area (Å²) < 4.78 is 0. The number of carbonyl (C=O) groups excluding carboxylic acids is 4. The maximum absolute atomic E-state index is 11.5. The van der Waals surface area contributed by atoms with Gasteiger partial charge in [0, 0.05) is 72.0 Å². The zero-order valence-electron chi connectivity index (χ0n) is 31.9. The molecule has 0 bridgehead atoms. The molecule has 6 rings (SSSR count). The minimum atomic E-state index is -1.08. The molecular weight excluding hydrogens is 1030 g/mol. The van der Waals surface area contributed by atoms with Crippen molar-refractivity contribution < 1.29 is 130 Å². The van der Waals surface area contributed by atoms with Gasteiger partial charge in [-0.2, -0.15) is 0 Å². The largest absolute Gasteiger partial charge is 2.00 e. The van der Waals surface area contributed by atoms with Gasteiger partial charge in [-0.15, -0.1) is 0 Å². The van der Waals surface area contributed by atoms with Gasteiger partial charge in [0.05, 0.1) is 22.8 Å². The molecule has 0 unspecified atom stereocenters. The van der Waals surface area contributed by atoms with Gasteiger partial charge in [0.2, 0.25) is 11.4 Å². The van der Waals surface area contributed by atoms with Gasteiger partial charge >= 0.3 is 68.3 Å². The third-order valence-corrected chi connectivity index (χ3v) is 4.81. The van der Waals surface area contributed by atoms with Gasteiger partial charge in [-0.3, -0.25) is 29.5 Å². The second-order valence-corrected chi connectivity index (χ2v) is 9.36. The number of carboxylic acids is 4. The molecule has 348 valence electrons. The van der Waals surface area contributed by atoms with E-state index in [0.29, 0.717) is 22.8 Å². The fraction of sp³-hybridized carbons (Fsp3) is 0.118. The van der Waals surface area contributed by atoms with E-state index >= 15 is 0 Å². The van der Waals surface area contributed by atoms with Crippen molar-refractivity contribution in [1.82, 2.24) is 49.8 Å². The molecule has 6 N–H and O–H groups in total. The summed E-state index contributed by atoms with van der Waals surface area (Å²) in [7, 11) is 0. The van der Waals surface area contributed by atoms with E-state index in [9.17, 15) is 9.59 Å². The first-order chi connectivity index (χ1) is 25.6. The van der Waals surface area contributed by atoms with Crippen LogP contribution in [0.2, 0.25) is 0 Å². The average Bonchev–Trinajstić information content (AvgIpc) is 3.12. The number of nitrogens with zero attached hydrogens (tertiary/aromatic N) is 10. The van der Waals surface area contributed by atoms with Crippen LogP contribution in [0, 0.1) is 0 Å². The van der Waals surface area contributed by atoms with Gasteiger partial charge in [-0.05, 0) is 76.2 Å². The summed E-state index contributed by atoms with van der Waals surface area (Å²) in [6, 6.07) is 21.3. The monoisotopic (exact) mass is 1060 g/mol. The molecule has 24 nitrogen and oxygen atoms in total. The average molecular weight is 1060 g/mol. The van der Waals surface area contributed by atoms with Gasteiger partial charge in [-0.1, -0.05) is 24.3 Å². The Bertz CT molecular complexity index is 1880. The fourth-order valence-corrected chi connectivity index (χ4v) is 3.15. The first kappa shape index (κ1) is 73.5. The molecule has 6 heterocycles. The van der Waals surface area contributed by atoms with E-state index < -0.39 is 35.3 Å². The molecule has 0 amide bonds. The molecule has 62 heavy (non-hydrogen) atoms. The first-order valence-corrected chi connectivity index (χ1v) is 14.8. The number of carbonyl (C=O) groups is 4. The molecule has 0 spiro atoms. The summed E-state index contributed by atoms with van der Waals surface area (Å²) in [5.41, 5.74) is 0.907. The van der Waals surface area contributed by atoms with Crippen LogP contribution in [0.5, 0.6) is 0 Å². The number of hydrogen-bond acceptors (Lipinski definition) is 20. The minimum Gasteiger partial charge on any atom is -0.870 e. The SMILES string of the molecule is CC(=O)[O-].CC(=O)[O-].CC(=O)[O-].CC(=O)[O-].O.O.O=c1nc(-c2ccccn2)nc(-c2ccccn2)[n-]1.O=c1nc(-c2ccccn2)nc(-c2ccccn2)[n-]1.[Cu+2].[Cu+2].[Cu+2].[Cu+2].[OH-].[OH-]. The van der Waals surface area contributed by atoms with Crippen LogP contribution in [-0.2, 0) is 87.5 Å². The molecule has 0 atom stereocenters. The summed E-state index contributed by atoms with van der Waals surface area (Å²) in [5.74, 6) is -3.33. The Labute approximate surface area is 393 Å². The summed E-state index contributed by atoms with van der Waals surface area (Å²) >= 11 is 0. The topological polar surface area (TPSA) is 449 Å². The summed E-state index contributed by atoms with van der Waals surface area (Å²) in [6.45, 7) is 3.89. The maximum atomic E-state index is 11.5. The van der Waals surface area contributed by atoms with Gasteiger partial charge in [-0.25, -0.2) is 0 Å². The number of aliphatic carboxylic acids is 4. The molecule has 0 aliphatic heterocycles. The van der Waals surface area contributed by atoms with Crippen LogP contribution in [0.25, 0.3) is 46.1 Å². The zero-order chi connectivity index (χ0) is 40.5. The number of rotatable bonds is 4. The van der Waals surface area contributed by atoms with E-state index in [1.165, 1.54) is 0 Å². The molecular formula is C34H34Cu4N10O14. The molecule has 0 saturated heterocycles. The number of aromatic nitrogens is 10. The Morgan fingerprint density at radius 1 is 0.419 bits per heavy atom. The zero-order valence-corrected chi connectivity index (χ0v) is 35.7. The molecule has 4 radical (unpaired) electrons. The third-order valence-electron chi connectivity index (χ3n) is 4.81. The van der Waals surface area contributed by atoms with Crippen LogP contribution in [0.1, 0.15) is 27.7 Å². The Hall–Kier alpha value is -5.98. The molecule has 6 aromatic heterocycles. The van der Waals surface area contributed by atoms with Crippen LogP contribution >= 0.6 is 0 Å². The Balaban J connectivity index is -0.000000107. The number of pyridine rings is 4. The van der Waals surface area contributed by atoms with E-state index in [4.69, 9.17) is 39.6 Å². The van der Waals surface area contributed by atoms with E-state index in [0.717, 1.165) is 27.7 Å². The van der Waals surface area contributed by atoms with Crippen molar-refractivity contribution in [3.05, 3.63) is 119 Å². The van der Waals surface area contributed by atoms with Crippen LogP contribution in [-0.4, -0.2) is 85.7 Å². The standard InChI is InChI=1S/2C13H9N5O.4C2H4O2.4Cu.4H2O/c2*19-13-17-11(9-5-1-3-7-14-9)16-12(18-13)10-6-2-4-8-15-10;4*1-2(3)4;;;;;;;;/h2*1-8H,(H,16,17,18,19);4*1H3,(H,3,4);;;;;4*1H2/q;;;;;;4*+2;;;;/p-8. The number of hydrogen-bond donors (Lipinski definition) is 0. The predicted octanol–water partition coefficient (Wildman–Crippen LogP) is -5.15.